The van der Waals surface area contributed by atoms with Gasteiger partial charge in [-0.1, -0.05) is 5.92 Å². The second-order valence-electron chi connectivity index (χ2n) is 3.09. The van der Waals surface area contributed by atoms with Crippen LogP contribution in [0.2, 0.25) is 0 Å². The zero-order chi connectivity index (χ0) is 10.4. The molecule has 1 N–H and O–H groups in total. The third-order valence-electron chi connectivity index (χ3n) is 1.78. The standard InChI is InChI=1S/C10H14BrN3/c1-3-4-5-12-9(2)7-14-8-10(11)6-13-14/h6,8-9,12H,5,7H2,1-2H3. The minimum absolute atomic E-state index is 0.377. The molecule has 0 aliphatic rings. The maximum atomic E-state index is 4.18. The number of nitrogens with zero attached hydrogens (tertiary/aromatic N) is 2. The first-order valence-corrected chi connectivity index (χ1v) is 5.32. The van der Waals surface area contributed by atoms with Crippen LogP contribution in [0, 0.1) is 11.8 Å². The summed E-state index contributed by atoms with van der Waals surface area (Å²) in [5, 5.41) is 7.47. The van der Waals surface area contributed by atoms with Crippen LogP contribution in [0.25, 0.3) is 0 Å². The van der Waals surface area contributed by atoms with Crippen LogP contribution < -0.4 is 5.32 Å². The summed E-state index contributed by atoms with van der Waals surface area (Å²) in [5.41, 5.74) is 0. The maximum absolute atomic E-state index is 4.18. The maximum Gasteiger partial charge on any atom is 0.0632 e. The highest BCUT2D eigenvalue weighted by Crippen LogP contribution is 2.06. The lowest BCUT2D eigenvalue weighted by atomic mass is 10.3. The van der Waals surface area contributed by atoms with E-state index in [0.717, 1.165) is 17.6 Å². The molecule has 4 heteroatoms. The molecule has 0 saturated heterocycles. The predicted molar refractivity (Wildman–Crippen MR) is 60.8 cm³/mol. The summed E-state index contributed by atoms with van der Waals surface area (Å²) in [6.07, 6.45) is 3.75. The van der Waals surface area contributed by atoms with Crippen molar-refractivity contribution in [2.24, 2.45) is 0 Å². The second kappa shape index (κ2) is 5.84. The molecule has 0 saturated carbocycles. The van der Waals surface area contributed by atoms with E-state index in [4.69, 9.17) is 0 Å². The van der Waals surface area contributed by atoms with Crippen molar-refractivity contribution < 1.29 is 0 Å². The van der Waals surface area contributed by atoms with Gasteiger partial charge in [0.1, 0.15) is 0 Å². The van der Waals surface area contributed by atoms with Crippen LogP contribution >= 0.6 is 15.9 Å². The molecule has 0 aromatic carbocycles. The topological polar surface area (TPSA) is 29.9 Å². The highest BCUT2D eigenvalue weighted by atomic mass is 79.9. The Kier molecular flexibility index (Phi) is 4.71. The average Bonchev–Trinajstić information content (AvgIpc) is 2.52. The Morgan fingerprint density at radius 1 is 1.71 bits per heavy atom. The Hall–Kier alpha value is -0.790. The van der Waals surface area contributed by atoms with Gasteiger partial charge in [-0.25, -0.2) is 0 Å². The quantitative estimate of drug-likeness (QED) is 0.830. The van der Waals surface area contributed by atoms with Crippen LogP contribution in [0.1, 0.15) is 13.8 Å². The molecular formula is C10H14BrN3. The number of hydrogen-bond donors (Lipinski definition) is 1. The lowest BCUT2D eigenvalue weighted by Crippen LogP contribution is -2.30. The third kappa shape index (κ3) is 3.95. The molecule has 3 nitrogen and oxygen atoms in total. The van der Waals surface area contributed by atoms with Gasteiger partial charge in [-0.3, -0.25) is 4.68 Å². The molecule has 1 rings (SSSR count). The van der Waals surface area contributed by atoms with Crippen molar-refractivity contribution in [2.45, 2.75) is 26.4 Å². The second-order valence-corrected chi connectivity index (χ2v) is 4.00. The van der Waals surface area contributed by atoms with Crippen LogP contribution in [0.5, 0.6) is 0 Å². The summed E-state index contributed by atoms with van der Waals surface area (Å²) in [6, 6.07) is 0.377. The highest BCUT2D eigenvalue weighted by molar-refractivity contribution is 9.10. The van der Waals surface area contributed by atoms with Crippen molar-refractivity contribution in [1.82, 2.24) is 15.1 Å². The summed E-state index contributed by atoms with van der Waals surface area (Å²) in [4.78, 5) is 0. The molecule has 1 heterocycles. The molecule has 1 atom stereocenters. The van der Waals surface area contributed by atoms with E-state index >= 15 is 0 Å². The Labute approximate surface area is 93.0 Å². The number of hydrogen-bond acceptors (Lipinski definition) is 2. The van der Waals surface area contributed by atoms with E-state index in [1.54, 1.807) is 6.20 Å². The van der Waals surface area contributed by atoms with Crippen LogP contribution in [-0.4, -0.2) is 22.4 Å². The van der Waals surface area contributed by atoms with Gasteiger partial charge in [0.15, 0.2) is 0 Å². The molecule has 1 aromatic heterocycles. The molecular weight excluding hydrogens is 242 g/mol. The molecule has 1 aromatic rings. The third-order valence-corrected chi connectivity index (χ3v) is 2.19. The number of halogens is 1. The van der Waals surface area contributed by atoms with Crippen molar-refractivity contribution in [2.75, 3.05) is 6.54 Å². The first-order chi connectivity index (χ1) is 6.72. The van der Waals surface area contributed by atoms with Gasteiger partial charge in [0, 0.05) is 12.2 Å². The van der Waals surface area contributed by atoms with E-state index in [0.29, 0.717) is 6.04 Å². The molecule has 0 bridgehead atoms. The Morgan fingerprint density at radius 2 is 2.50 bits per heavy atom. The lowest BCUT2D eigenvalue weighted by Gasteiger charge is -2.11. The molecule has 76 valence electrons. The summed E-state index contributed by atoms with van der Waals surface area (Å²) in [5.74, 6) is 5.82. The Balaban J connectivity index is 2.32. The molecule has 14 heavy (non-hydrogen) atoms. The first kappa shape index (κ1) is 11.3. The summed E-state index contributed by atoms with van der Waals surface area (Å²) in [7, 11) is 0. The Morgan fingerprint density at radius 3 is 3.07 bits per heavy atom. The van der Waals surface area contributed by atoms with Crippen LogP contribution in [0.15, 0.2) is 16.9 Å². The molecule has 0 amide bonds. The van der Waals surface area contributed by atoms with Crippen molar-refractivity contribution in [3.63, 3.8) is 0 Å². The highest BCUT2D eigenvalue weighted by Gasteiger charge is 2.01. The normalized spacial score (nSPS) is 11.9. The number of rotatable bonds is 4. The predicted octanol–water partition coefficient (Wildman–Crippen LogP) is 1.65. The van der Waals surface area contributed by atoms with Gasteiger partial charge >= 0.3 is 0 Å². The molecule has 0 aliphatic heterocycles. The first-order valence-electron chi connectivity index (χ1n) is 4.53. The Bertz CT molecular complexity index is 335. The summed E-state index contributed by atoms with van der Waals surface area (Å²) in [6.45, 7) is 5.56. The fourth-order valence-corrected chi connectivity index (χ4v) is 1.42. The van der Waals surface area contributed by atoms with Gasteiger partial charge in [-0.05, 0) is 29.8 Å². The van der Waals surface area contributed by atoms with Gasteiger partial charge in [-0.15, -0.1) is 5.92 Å². The summed E-state index contributed by atoms with van der Waals surface area (Å²) >= 11 is 3.36. The van der Waals surface area contributed by atoms with Gasteiger partial charge in [0.2, 0.25) is 0 Å². The zero-order valence-electron chi connectivity index (χ0n) is 8.42. The van der Waals surface area contributed by atoms with Crippen molar-refractivity contribution >= 4 is 15.9 Å². The van der Waals surface area contributed by atoms with Gasteiger partial charge in [-0.2, -0.15) is 5.10 Å². The number of nitrogens with one attached hydrogen (secondary N) is 1. The van der Waals surface area contributed by atoms with Crippen molar-refractivity contribution in [3.8, 4) is 11.8 Å². The van der Waals surface area contributed by atoms with Gasteiger partial charge < -0.3 is 5.32 Å². The van der Waals surface area contributed by atoms with Crippen LogP contribution in [0.3, 0.4) is 0 Å². The van der Waals surface area contributed by atoms with E-state index in [1.807, 2.05) is 17.8 Å². The van der Waals surface area contributed by atoms with Gasteiger partial charge in [0.05, 0.1) is 23.8 Å². The van der Waals surface area contributed by atoms with Crippen molar-refractivity contribution in [3.05, 3.63) is 16.9 Å². The van der Waals surface area contributed by atoms with E-state index in [-0.39, 0.29) is 0 Å². The molecule has 0 fully saturated rings. The van der Waals surface area contributed by atoms with Crippen molar-refractivity contribution in [1.29, 1.82) is 0 Å². The monoisotopic (exact) mass is 255 g/mol. The minimum Gasteiger partial charge on any atom is -0.302 e. The molecule has 0 spiro atoms. The fraction of sp³-hybridized carbons (Fsp3) is 0.500. The summed E-state index contributed by atoms with van der Waals surface area (Å²) < 4.78 is 2.92. The lowest BCUT2D eigenvalue weighted by molar-refractivity contribution is 0.470. The van der Waals surface area contributed by atoms with E-state index < -0.39 is 0 Å². The van der Waals surface area contributed by atoms with E-state index in [2.05, 4.69) is 45.1 Å². The molecule has 0 radical (unpaired) electrons. The zero-order valence-corrected chi connectivity index (χ0v) is 10.0. The SMILES string of the molecule is CC#CCNC(C)Cn1cc(Br)cn1. The van der Waals surface area contributed by atoms with Crippen LogP contribution in [0.4, 0.5) is 0 Å². The minimum atomic E-state index is 0.377. The molecule has 1 unspecified atom stereocenters. The largest absolute Gasteiger partial charge is 0.302 e. The average molecular weight is 256 g/mol. The smallest absolute Gasteiger partial charge is 0.0632 e. The molecule has 0 aliphatic carbocycles. The number of aromatic nitrogens is 2. The van der Waals surface area contributed by atoms with Gasteiger partial charge in [0.25, 0.3) is 0 Å². The van der Waals surface area contributed by atoms with E-state index in [9.17, 15) is 0 Å². The van der Waals surface area contributed by atoms with Crippen LogP contribution in [-0.2, 0) is 6.54 Å². The fourth-order valence-electron chi connectivity index (χ4n) is 1.10. The van der Waals surface area contributed by atoms with E-state index in [1.165, 1.54) is 0 Å².